The van der Waals surface area contributed by atoms with E-state index in [-0.39, 0.29) is 30.7 Å². The third kappa shape index (κ3) is 6.20. The number of hydrogen-bond donors (Lipinski definition) is 2. The summed E-state index contributed by atoms with van der Waals surface area (Å²) >= 11 is 0. The van der Waals surface area contributed by atoms with Gasteiger partial charge in [0.1, 0.15) is 0 Å². The first-order chi connectivity index (χ1) is 9.16. The third-order valence-corrected chi connectivity index (χ3v) is 4.01. The zero-order valence-corrected chi connectivity index (χ0v) is 14.2. The molecule has 0 radical (unpaired) electrons. The first-order valence-electron chi connectivity index (χ1n) is 7.08. The van der Waals surface area contributed by atoms with Crippen LogP contribution in [0.3, 0.4) is 0 Å². The predicted molar refractivity (Wildman–Crippen MR) is 91.5 cm³/mol. The number of carbonyl (C=O) groups excluding carboxylic acids is 1. The van der Waals surface area contributed by atoms with Gasteiger partial charge in [-0.15, -0.1) is 24.8 Å². The predicted octanol–water partition coefficient (Wildman–Crippen LogP) is 3.20. The van der Waals surface area contributed by atoms with E-state index in [1.165, 1.54) is 12.8 Å². The molecule has 0 spiro atoms. The molecule has 2 N–H and O–H groups in total. The van der Waals surface area contributed by atoms with Gasteiger partial charge in [-0.3, -0.25) is 9.78 Å². The highest BCUT2D eigenvalue weighted by molar-refractivity contribution is 5.91. The molecule has 0 aliphatic carbocycles. The van der Waals surface area contributed by atoms with Gasteiger partial charge in [-0.05, 0) is 56.3 Å². The number of hydrogen-bond acceptors (Lipinski definition) is 3. The van der Waals surface area contributed by atoms with Crippen molar-refractivity contribution in [2.75, 3.05) is 18.4 Å². The lowest BCUT2D eigenvalue weighted by Crippen LogP contribution is -2.32. The highest BCUT2D eigenvalue weighted by Gasteiger charge is 2.22. The lowest BCUT2D eigenvalue weighted by Gasteiger charge is -2.27. The normalized spacial score (nSPS) is 16.3. The van der Waals surface area contributed by atoms with Gasteiger partial charge in [0.2, 0.25) is 5.91 Å². The van der Waals surface area contributed by atoms with E-state index >= 15 is 0 Å². The topological polar surface area (TPSA) is 54.0 Å². The average Bonchev–Trinajstić information content (AvgIpc) is 2.42. The Hall–Kier alpha value is -0.840. The van der Waals surface area contributed by atoms with Crippen LogP contribution in [0.2, 0.25) is 0 Å². The van der Waals surface area contributed by atoms with E-state index in [0.29, 0.717) is 18.3 Å². The summed E-state index contributed by atoms with van der Waals surface area (Å²) in [6, 6.07) is 1.91. The lowest BCUT2D eigenvalue weighted by atomic mass is 9.84. The van der Waals surface area contributed by atoms with E-state index in [1.807, 2.05) is 13.0 Å². The summed E-state index contributed by atoms with van der Waals surface area (Å²) in [4.78, 5) is 16.1. The molecule has 0 saturated carbocycles. The van der Waals surface area contributed by atoms with Gasteiger partial charge in [0, 0.05) is 12.6 Å². The second-order valence-electron chi connectivity index (χ2n) is 5.51. The standard InChI is InChI=1S/C15H23N3O.2ClH/c1-11-3-6-17-10-14(11)18-15(19)9-12(2)13-4-7-16-8-5-13;;/h3,6,10,12-13,16H,4-5,7-9H2,1-2H3,(H,18,19);2*1H. The van der Waals surface area contributed by atoms with Crippen molar-refractivity contribution in [3.8, 4) is 0 Å². The second-order valence-corrected chi connectivity index (χ2v) is 5.51. The van der Waals surface area contributed by atoms with Crippen molar-refractivity contribution in [3.05, 3.63) is 24.0 Å². The molecule has 4 nitrogen and oxygen atoms in total. The molecule has 1 aliphatic rings. The summed E-state index contributed by atoms with van der Waals surface area (Å²) in [5.41, 5.74) is 1.88. The van der Waals surface area contributed by atoms with Gasteiger partial charge in [0.05, 0.1) is 11.9 Å². The van der Waals surface area contributed by atoms with E-state index in [4.69, 9.17) is 0 Å². The molecule has 1 unspecified atom stereocenters. The molecule has 2 heterocycles. The number of piperidine rings is 1. The van der Waals surface area contributed by atoms with Crippen LogP contribution in [0.15, 0.2) is 18.5 Å². The van der Waals surface area contributed by atoms with Gasteiger partial charge in [0.15, 0.2) is 0 Å². The first kappa shape index (κ1) is 20.2. The number of halogens is 2. The second kappa shape index (κ2) is 9.98. The van der Waals surface area contributed by atoms with Crippen LogP contribution in [0.5, 0.6) is 0 Å². The third-order valence-electron chi connectivity index (χ3n) is 4.01. The van der Waals surface area contributed by atoms with Crippen molar-refractivity contribution >= 4 is 36.4 Å². The maximum atomic E-state index is 12.1. The number of rotatable bonds is 4. The number of nitrogens with zero attached hydrogens (tertiary/aromatic N) is 1. The van der Waals surface area contributed by atoms with Crippen molar-refractivity contribution in [2.45, 2.75) is 33.1 Å². The van der Waals surface area contributed by atoms with Gasteiger partial charge in [-0.25, -0.2) is 0 Å². The highest BCUT2D eigenvalue weighted by atomic mass is 35.5. The summed E-state index contributed by atoms with van der Waals surface area (Å²) < 4.78 is 0. The first-order valence-corrected chi connectivity index (χ1v) is 7.08. The smallest absolute Gasteiger partial charge is 0.224 e. The summed E-state index contributed by atoms with van der Waals surface area (Å²) in [6.45, 7) is 6.33. The molecule has 1 aliphatic heterocycles. The fraction of sp³-hybridized carbons (Fsp3) is 0.600. The molecule has 0 bridgehead atoms. The maximum Gasteiger partial charge on any atom is 0.224 e. The van der Waals surface area contributed by atoms with Crippen LogP contribution in [0.1, 0.15) is 31.7 Å². The van der Waals surface area contributed by atoms with Crippen LogP contribution in [-0.4, -0.2) is 24.0 Å². The van der Waals surface area contributed by atoms with Gasteiger partial charge < -0.3 is 10.6 Å². The number of anilines is 1. The summed E-state index contributed by atoms with van der Waals surface area (Å²) in [5.74, 6) is 1.21. The monoisotopic (exact) mass is 333 g/mol. The van der Waals surface area contributed by atoms with E-state index in [0.717, 1.165) is 24.3 Å². The largest absolute Gasteiger partial charge is 0.325 e. The molecule has 120 valence electrons. The van der Waals surface area contributed by atoms with E-state index in [1.54, 1.807) is 12.4 Å². The lowest BCUT2D eigenvalue weighted by molar-refractivity contribution is -0.117. The molecule has 1 aromatic heterocycles. The van der Waals surface area contributed by atoms with Crippen molar-refractivity contribution in [2.24, 2.45) is 11.8 Å². The van der Waals surface area contributed by atoms with E-state index in [9.17, 15) is 4.79 Å². The van der Waals surface area contributed by atoms with Crippen molar-refractivity contribution in [3.63, 3.8) is 0 Å². The Labute approximate surface area is 139 Å². The Morgan fingerprint density at radius 2 is 2.10 bits per heavy atom. The number of amides is 1. The maximum absolute atomic E-state index is 12.1. The molecule has 1 saturated heterocycles. The van der Waals surface area contributed by atoms with Crippen LogP contribution in [0, 0.1) is 18.8 Å². The number of aromatic nitrogens is 1. The van der Waals surface area contributed by atoms with Gasteiger partial charge in [0.25, 0.3) is 0 Å². The summed E-state index contributed by atoms with van der Waals surface area (Å²) in [7, 11) is 0. The number of aryl methyl sites for hydroxylation is 1. The minimum atomic E-state index is 0. The molecule has 1 amide bonds. The zero-order valence-electron chi connectivity index (χ0n) is 12.6. The fourth-order valence-corrected chi connectivity index (χ4v) is 2.67. The van der Waals surface area contributed by atoms with Gasteiger partial charge in [-0.2, -0.15) is 0 Å². The Bertz CT molecular complexity index is 437. The molecule has 1 fully saturated rings. The molecule has 21 heavy (non-hydrogen) atoms. The molecule has 6 heteroatoms. The van der Waals surface area contributed by atoms with Gasteiger partial charge in [-0.1, -0.05) is 6.92 Å². The summed E-state index contributed by atoms with van der Waals surface area (Å²) in [6.07, 6.45) is 6.41. The van der Waals surface area contributed by atoms with E-state index < -0.39 is 0 Å². The van der Waals surface area contributed by atoms with E-state index in [2.05, 4.69) is 22.5 Å². The van der Waals surface area contributed by atoms with Crippen LogP contribution >= 0.6 is 24.8 Å². The summed E-state index contributed by atoms with van der Waals surface area (Å²) in [5, 5.41) is 6.32. The molecule has 2 rings (SSSR count). The average molecular weight is 334 g/mol. The molecular formula is C15H25Cl2N3O. The van der Waals surface area contributed by atoms with Gasteiger partial charge >= 0.3 is 0 Å². The van der Waals surface area contributed by atoms with Crippen LogP contribution in [0.25, 0.3) is 0 Å². The Balaban J connectivity index is 0.00000200. The van der Waals surface area contributed by atoms with Crippen molar-refractivity contribution in [1.82, 2.24) is 10.3 Å². The highest BCUT2D eigenvalue weighted by Crippen LogP contribution is 2.24. The Morgan fingerprint density at radius 3 is 2.71 bits per heavy atom. The van der Waals surface area contributed by atoms with Crippen LogP contribution in [-0.2, 0) is 4.79 Å². The van der Waals surface area contributed by atoms with Crippen molar-refractivity contribution in [1.29, 1.82) is 0 Å². The zero-order chi connectivity index (χ0) is 13.7. The minimum Gasteiger partial charge on any atom is -0.325 e. The Kier molecular flexibility index (Phi) is 9.58. The van der Waals surface area contributed by atoms with Crippen LogP contribution < -0.4 is 10.6 Å². The Morgan fingerprint density at radius 1 is 1.43 bits per heavy atom. The van der Waals surface area contributed by atoms with Crippen molar-refractivity contribution < 1.29 is 4.79 Å². The number of pyridine rings is 1. The SMILES string of the molecule is Cc1ccncc1NC(=O)CC(C)C1CCNCC1.Cl.Cl. The molecule has 0 aromatic carbocycles. The number of nitrogens with one attached hydrogen (secondary N) is 2. The fourth-order valence-electron chi connectivity index (χ4n) is 2.67. The molecular weight excluding hydrogens is 309 g/mol. The quantitative estimate of drug-likeness (QED) is 0.889. The molecule has 1 atom stereocenters. The van der Waals surface area contributed by atoms with Crippen LogP contribution in [0.4, 0.5) is 5.69 Å². The molecule has 1 aromatic rings. The minimum absolute atomic E-state index is 0. The number of carbonyl (C=O) groups is 1.